The second-order valence-electron chi connectivity index (χ2n) is 4.43. The molecule has 1 nitrogen and oxygen atoms in total. The van der Waals surface area contributed by atoms with Gasteiger partial charge in [-0.25, -0.2) is 4.39 Å². The molecule has 2 aromatic carbocycles. The second-order valence-corrected chi connectivity index (χ2v) is 6.16. The van der Waals surface area contributed by atoms with E-state index in [1.54, 1.807) is 12.1 Å². The molecule has 0 aliphatic heterocycles. The van der Waals surface area contributed by atoms with Crippen LogP contribution >= 0.6 is 39.1 Å². The van der Waals surface area contributed by atoms with Gasteiger partial charge in [0.25, 0.3) is 0 Å². The minimum absolute atomic E-state index is 0.243. The highest BCUT2D eigenvalue weighted by atomic mass is 79.9. The Morgan fingerprint density at radius 2 is 1.80 bits per heavy atom. The lowest BCUT2D eigenvalue weighted by atomic mass is 10.0. The molecule has 0 radical (unpaired) electrons. The zero-order valence-corrected chi connectivity index (χ0v) is 14.0. The van der Waals surface area contributed by atoms with Crippen LogP contribution < -0.4 is 4.74 Å². The molecular weight excluding hydrogens is 366 g/mol. The van der Waals surface area contributed by atoms with Gasteiger partial charge >= 0.3 is 0 Å². The van der Waals surface area contributed by atoms with Crippen molar-refractivity contribution in [2.24, 2.45) is 0 Å². The van der Waals surface area contributed by atoms with Gasteiger partial charge in [0.2, 0.25) is 0 Å². The van der Waals surface area contributed by atoms with Gasteiger partial charge in [0, 0.05) is 11.1 Å². The van der Waals surface area contributed by atoms with Gasteiger partial charge in [-0.2, -0.15) is 0 Å². The van der Waals surface area contributed by atoms with Crippen molar-refractivity contribution in [3.8, 4) is 5.75 Å². The molecule has 0 aromatic heterocycles. The molecule has 0 saturated carbocycles. The van der Waals surface area contributed by atoms with E-state index in [9.17, 15) is 4.39 Å². The van der Waals surface area contributed by atoms with Crippen molar-refractivity contribution in [2.75, 3.05) is 7.11 Å². The fourth-order valence-corrected chi connectivity index (χ4v) is 3.27. The smallest absolute Gasteiger partial charge is 0.138 e. The van der Waals surface area contributed by atoms with Crippen molar-refractivity contribution in [2.45, 2.75) is 11.8 Å². The zero-order valence-electron chi connectivity index (χ0n) is 10.9. The Bertz CT molecular complexity index is 626. The van der Waals surface area contributed by atoms with Crippen molar-refractivity contribution in [1.29, 1.82) is 0 Å². The first kappa shape index (κ1) is 15.6. The van der Waals surface area contributed by atoms with E-state index < -0.39 is 0 Å². The van der Waals surface area contributed by atoms with Gasteiger partial charge in [0.15, 0.2) is 0 Å². The molecule has 0 aliphatic rings. The Morgan fingerprint density at radius 3 is 2.40 bits per heavy atom. The topological polar surface area (TPSA) is 9.23 Å². The maximum Gasteiger partial charge on any atom is 0.138 e. The van der Waals surface area contributed by atoms with Crippen LogP contribution in [0.15, 0.2) is 30.3 Å². The van der Waals surface area contributed by atoms with Crippen LogP contribution in [0.5, 0.6) is 5.75 Å². The summed E-state index contributed by atoms with van der Waals surface area (Å²) < 4.78 is 18.6. The lowest BCUT2D eigenvalue weighted by molar-refractivity contribution is 0.415. The van der Waals surface area contributed by atoms with Crippen LogP contribution in [0.3, 0.4) is 0 Å². The zero-order chi connectivity index (χ0) is 14.9. The molecule has 2 rings (SSSR count). The molecule has 0 bridgehead atoms. The average molecular weight is 378 g/mol. The maximum atomic E-state index is 13.5. The Hall–Kier alpha value is -0.770. The molecule has 0 aliphatic carbocycles. The molecule has 0 spiro atoms. The quantitative estimate of drug-likeness (QED) is 0.602. The van der Waals surface area contributed by atoms with E-state index in [1.165, 1.54) is 19.2 Å². The first-order chi connectivity index (χ1) is 9.42. The number of hydrogen-bond donors (Lipinski definition) is 0. The monoisotopic (exact) mass is 376 g/mol. The van der Waals surface area contributed by atoms with Crippen LogP contribution in [0.2, 0.25) is 10.0 Å². The molecule has 20 heavy (non-hydrogen) atoms. The summed E-state index contributed by atoms with van der Waals surface area (Å²) in [5.41, 5.74) is 2.40. The van der Waals surface area contributed by atoms with Crippen molar-refractivity contribution in [3.05, 3.63) is 62.9 Å². The predicted octanol–water partition coefficient (Wildman–Crippen LogP) is 5.93. The average Bonchev–Trinajstić information content (AvgIpc) is 2.39. The van der Waals surface area contributed by atoms with Gasteiger partial charge in [-0.05, 0) is 41.8 Å². The number of alkyl halides is 1. The molecule has 5 heteroatoms. The van der Waals surface area contributed by atoms with Gasteiger partial charge in [0.1, 0.15) is 11.6 Å². The molecule has 0 N–H and O–H groups in total. The molecule has 106 valence electrons. The SMILES string of the molecule is COc1cc(Cl)c(C(Br)c2cc(C)cc(F)c2)cc1Cl. The molecule has 0 saturated heterocycles. The maximum absolute atomic E-state index is 13.5. The second kappa shape index (κ2) is 6.33. The van der Waals surface area contributed by atoms with Crippen LogP contribution in [0.4, 0.5) is 4.39 Å². The standard InChI is InChI=1S/C15H12BrCl2FO/c1-8-3-9(5-10(19)4-8)15(16)11-6-13(18)14(20-2)7-12(11)17/h3-7,15H,1-2H3. The number of ether oxygens (including phenoxy) is 1. The summed E-state index contributed by atoms with van der Waals surface area (Å²) in [6.45, 7) is 1.84. The molecule has 1 atom stereocenters. The van der Waals surface area contributed by atoms with E-state index in [0.717, 1.165) is 16.7 Å². The van der Waals surface area contributed by atoms with Gasteiger partial charge in [-0.15, -0.1) is 0 Å². The highest BCUT2D eigenvalue weighted by Gasteiger charge is 2.17. The van der Waals surface area contributed by atoms with Crippen LogP contribution in [-0.2, 0) is 0 Å². The fraction of sp³-hybridized carbons (Fsp3) is 0.200. The first-order valence-corrected chi connectivity index (χ1v) is 7.53. The summed E-state index contributed by atoms with van der Waals surface area (Å²) in [4.78, 5) is -0.243. The highest BCUT2D eigenvalue weighted by molar-refractivity contribution is 9.09. The van der Waals surface area contributed by atoms with E-state index in [4.69, 9.17) is 27.9 Å². The van der Waals surface area contributed by atoms with Gasteiger partial charge in [-0.3, -0.25) is 0 Å². The summed E-state index contributed by atoms with van der Waals surface area (Å²) in [7, 11) is 1.53. The van der Waals surface area contributed by atoms with E-state index in [0.29, 0.717) is 15.8 Å². The van der Waals surface area contributed by atoms with Crippen LogP contribution in [0.1, 0.15) is 21.5 Å². The lowest BCUT2D eigenvalue weighted by Crippen LogP contribution is -1.97. The summed E-state index contributed by atoms with van der Waals surface area (Å²) in [6, 6.07) is 8.23. The van der Waals surface area contributed by atoms with Crippen molar-refractivity contribution >= 4 is 39.1 Å². The normalized spacial score (nSPS) is 12.3. The summed E-state index contributed by atoms with van der Waals surface area (Å²) >= 11 is 15.9. The lowest BCUT2D eigenvalue weighted by Gasteiger charge is -2.15. The van der Waals surface area contributed by atoms with Crippen molar-refractivity contribution in [1.82, 2.24) is 0 Å². The Kier molecular flexibility index (Phi) is 4.95. The number of rotatable bonds is 3. The summed E-state index contributed by atoms with van der Waals surface area (Å²) in [6.07, 6.45) is 0. The summed E-state index contributed by atoms with van der Waals surface area (Å²) in [5.74, 6) is 0.232. The number of benzene rings is 2. The van der Waals surface area contributed by atoms with Crippen LogP contribution in [0.25, 0.3) is 0 Å². The largest absolute Gasteiger partial charge is 0.495 e. The molecule has 0 amide bonds. The number of methoxy groups -OCH3 is 1. The third-order valence-corrected chi connectivity index (χ3v) is 4.55. The number of halogens is 4. The van der Waals surface area contributed by atoms with E-state index in [2.05, 4.69) is 15.9 Å². The number of aryl methyl sites for hydroxylation is 1. The Labute approximate surface area is 135 Å². The molecular formula is C15H12BrCl2FO. The molecule has 0 heterocycles. The van der Waals surface area contributed by atoms with Crippen molar-refractivity contribution < 1.29 is 9.13 Å². The van der Waals surface area contributed by atoms with Crippen LogP contribution in [0, 0.1) is 12.7 Å². The van der Waals surface area contributed by atoms with E-state index in [1.807, 2.05) is 13.0 Å². The van der Waals surface area contributed by atoms with Gasteiger partial charge < -0.3 is 4.74 Å². The Balaban J connectivity index is 2.47. The van der Waals surface area contributed by atoms with Gasteiger partial charge in [-0.1, -0.05) is 45.2 Å². The highest BCUT2D eigenvalue weighted by Crippen LogP contribution is 2.40. The van der Waals surface area contributed by atoms with Crippen LogP contribution in [-0.4, -0.2) is 7.11 Å². The summed E-state index contributed by atoms with van der Waals surface area (Å²) in [5, 5.41) is 0.972. The fourth-order valence-electron chi connectivity index (χ4n) is 1.99. The molecule has 2 aromatic rings. The van der Waals surface area contributed by atoms with E-state index >= 15 is 0 Å². The van der Waals surface area contributed by atoms with Gasteiger partial charge in [0.05, 0.1) is 17.0 Å². The minimum atomic E-state index is -0.278. The minimum Gasteiger partial charge on any atom is -0.495 e. The van der Waals surface area contributed by atoms with E-state index in [-0.39, 0.29) is 10.6 Å². The third kappa shape index (κ3) is 3.27. The number of hydrogen-bond acceptors (Lipinski definition) is 1. The molecule has 0 fully saturated rings. The first-order valence-electron chi connectivity index (χ1n) is 5.86. The predicted molar refractivity (Wildman–Crippen MR) is 84.9 cm³/mol. The Morgan fingerprint density at radius 1 is 1.10 bits per heavy atom. The molecule has 1 unspecified atom stereocenters. The van der Waals surface area contributed by atoms with Crippen molar-refractivity contribution in [3.63, 3.8) is 0 Å². The third-order valence-electron chi connectivity index (χ3n) is 2.90.